The van der Waals surface area contributed by atoms with Crippen molar-refractivity contribution < 1.29 is 14.7 Å². The Balaban J connectivity index is 0. The summed E-state index contributed by atoms with van der Waals surface area (Å²) in [6, 6.07) is 0. The molecule has 1 N–H and O–H groups in total. The number of carboxylic acids is 1. The van der Waals surface area contributed by atoms with Crippen LogP contribution >= 0.6 is 0 Å². The summed E-state index contributed by atoms with van der Waals surface area (Å²) in [6.45, 7) is 1.86. The first-order valence-corrected chi connectivity index (χ1v) is 4.53. The van der Waals surface area contributed by atoms with E-state index in [2.05, 4.69) is 6.92 Å². The van der Waals surface area contributed by atoms with Gasteiger partial charge >= 0.3 is 35.5 Å². The molecule has 0 aliphatic heterocycles. The Morgan fingerprint density at radius 3 is 2.29 bits per heavy atom. The van der Waals surface area contributed by atoms with E-state index in [0.29, 0.717) is 6.42 Å². The number of likely N-dealkylation sites (N-methyl/N-ethyl adjacent to an activating group) is 1. The van der Waals surface area contributed by atoms with E-state index in [1.807, 2.05) is 0 Å². The van der Waals surface area contributed by atoms with E-state index < -0.39 is 5.97 Å². The number of unbranched alkanes of at least 4 members (excludes halogenated alkanes) is 2. The number of nitrogens with zero attached hydrogens (tertiary/aromatic N) is 1. The predicted octanol–water partition coefficient (Wildman–Crippen LogP) is 0.461. The molecule has 0 radical (unpaired) electrons. The van der Waals surface area contributed by atoms with E-state index in [-0.39, 0.29) is 42.0 Å². The van der Waals surface area contributed by atoms with E-state index in [0.717, 1.165) is 19.3 Å². The third-order valence-electron chi connectivity index (χ3n) is 1.79. The molecule has 0 unspecified atom stereocenters. The Labute approximate surface area is 107 Å². The van der Waals surface area contributed by atoms with Crippen molar-refractivity contribution in [1.82, 2.24) is 4.90 Å². The summed E-state index contributed by atoms with van der Waals surface area (Å²) < 4.78 is 0. The van der Waals surface area contributed by atoms with Gasteiger partial charge in [0.05, 0.1) is 0 Å². The molecule has 14 heavy (non-hydrogen) atoms. The number of carbonyl (C=O) groups excluding carboxylic acids is 1. The van der Waals surface area contributed by atoms with Crippen LogP contribution in [0, 0.1) is 0 Å². The standard InChI is InChI=1S/C9H17NO3.Na.H/c1-3-4-5-6-8(11)10(2)7-9(12)13;;/h3-7H2,1-2H3,(H,12,13);;. The zero-order valence-electron chi connectivity index (χ0n) is 8.25. The molecular formula is C9H18NNaO3. The Bertz CT molecular complexity index is 185. The summed E-state index contributed by atoms with van der Waals surface area (Å²) in [6.07, 6.45) is 3.39. The summed E-state index contributed by atoms with van der Waals surface area (Å²) in [7, 11) is 1.52. The molecule has 0 saturated heterocycles. The van der Waals surface area contributed by atoms with Crippen molar-refractivity contribution in [3.8, 4) is 0 Å². The van der Waals surface area contributed by atoms with E-state index >= 15 is 0 Å². The van der Waals surface area contributed by atoms with Crippen LogP contribution in [-0.4, -0.2) is 65.0 Å². The molecule has 0 aliphatic rings. The SMILES string of the molecule is CCCCCC(=O)N(C)CC(=O)O.[NaH]. The maximum atomic E-state index is 11.2. The number of hydrogen-bond acceptors (Lipinski definition) is 2. The number of hydrogen-bond donors (Lipinski definition) is 1. The summed E-state index contributed by atoms with van der Waals surface area (Å²) in [5, 5.41) is 8.41. The molecule has 1 amide bonds. The van der Waals surface area contributed by atoms with Crippen LogP contribution in [0.15, 0.2) is 0 Å². The summed E-state index contributed by atoms with van der Waals surface area (Å²) in [5.74, 6) is -1.05. The van der Waals surface area contributed by atoms with Crippen LogP contribution in [0.5, 0.6) is 0 Å². The van der Waals surface area contributed by atoms with Crippen LogP contribution in [0.25, 0.3) is 0 Å². The number of aliphatic carboxylic acids is 1. The van der Waals surface area contributed by atoms with Gasteiger partial charge in [-0.1, -0.05) is 19.8 Å². The van der Waals surface area contributed by atoms with Gasteiger partial charge in [-0.25, -0.2) is 0 Å². The van der Waals surface area contributed by atoms with Crippen molar-refractivity contribution in [3.63, 3.8) is 0 Å². The molecule has 0 aromatic rings. The van der Waals surface area contributed by atoms with Gasteiger partial charge in [-0.3, -0.25) is 9.59 Å². The first-order valence-electron chi connectivity index (χ1n) is 4.53. The van der Waals surface area contributed by atoms with Gasteiger partial charge in [-0.15, -0.1) is 0 Å². The second-order valence-corrected chi connectivity index (χ2v) is 3.10. The van der Waals surface area contributed by atoms with E-state index in [4.69, 9.17) is 5.11 Å². The van der Waals surface area contributed by atoms with Gasteiger partial charge in [0.2, 0.25) is 5.91 Å². The predicted molar refractivity (Wildman–Crippen MR) is 56.6 cm³/mol. The molecule has 78 valence electrons. The maximum absolute atomic E-state index is 11.2. The van der Waals surface area contributed by atoms with Crippen LogP contribution in [0.3, 0.4) is 0 Å². The summed E-state index contributed by atoms with van der Waals surface area (Å²) in [5.41, 5.74) is 0. The van der Waals surface area contributed by atoms with E-state index in [1.54, 1.807) is 0 Å². The normalized spacial score (nSPS) is 9.00. The van der Waals surface area contributed by atoms with Gasteiger partial charge < -0.3 is 10.0 Å². The van der Waals surface area contributed by atoms with E-state index in [1.165, 1.54) is 11.9 Å². The third-order valence-corrected chi connectivity index (χ3v) is 1.79. The topological polar surface area (TPSA) is 57.6 Å². The van der Waals surface area contributed by atoms with Crippen LogP contribution in [-0.2, 0) is 9.59 Å². The van der Waals surface area contributed by atoms with Gasteiger partial charge in [0.15, 0.2) is 0 Å². The molecule has 0 spiro atoms. The van der Waals surface area contributed by atoms with Crippen LogP contribution in [0.1, 0.15) is 32.6 Å². The molecule has 5 heteroatoms. The van der Waals surface area contributed by atoms with Gasteiger partial charge in [0, 0.05) is 13.5 Å². The minimum absolute atomic E-state index is 0. The van der Waals surface area contributed by atoms with Crippen molar-refractivity contribution in [2.45, 2.75) is 32.6 Å². The van der Waals surface area contributed by atoms with Gasteiger partial charge in [0.25, 0.3) is 0 Å². The molecule has 0 aromatic carbocycles. The summed E-state index contributed by atoms with van der Waals surface area (Å²) in [4.78, 5) is 22.7. The second-order valence-electron chi connectivity index (χ2n) is 3.10. The Morgan fingerprint density at radius 2 is 1.86 bits per heavy atom. The number of carboxylic acid groups (broad SMARTS) is 1. The monoisotopic (exact) mass is 211 g/mol. The van der Waals surface area contributed by atoms with Crippen molar-refractivity contribution in [3.05, 3.63) is 0 Å². The van der Waals surface area contributed by atoms with Crippen LogP contribution < -0.4 is 0 Å². The molecule has 0 aliphatic carbocycles. The molecule has 0 aromatic heterocycles. The molecule has 0 saturated carbocycles. The Kier molecular flexibility index (Phi) is 11.1. The van der Waals surface area contributed by atoms with Crippen molar-refractivity contribution >= 4 is 41.4 Å². The van der Waals surface area contributed by atoms with Gasteiger partial charge in [-0.05, 0) is 6.42 Å². The van der Waals surface area contributed by atoms with Crippen LogP contribution in [0.2, 0.25) is 0 Å². The summed E-state index contributed by atoms with van der Waals surface area (Å²) >= 11 is 0. The second kappa shape index (κ2) is 9.49. The van der Waals surface area contributed by atoms with Crippen molar-refractivity contribution in [1.29, 1.82) is 0 Å². The molecular weight excluding hydrogens is 193 g/mol. The quantitative estimate of drug-likeness (QED) is 0.513. The van der Waals surface area contributed by atoms with Crippen molar-refractivity contribution in [2.24, 2.45) is 0 Å². The Hall–Kier alpha value is -0.0600. The van der Waals surface area contributed by atoms with Gasteiger partial charge in [0.1, 0.15) is 6.54 Å². The first-order chi connectivity index (χ1) is 6.07. The molecule has 0 heterocycles. The van der Waals surface area contributed by atoms with Crippen LogP contribution in [0.4, 0.5) is 0 Å². The third kappa shape index (κ3) is 8.53. The minimum atomic E-state index is -0.966. The number of amides is 1. The molecule has 0 atom stereocenters. The number of carbonyl (C=O) groups is 2. The Morgan fingerprint density at radius 1 is 1.29 bits per heavy atom. The fourth-order valence-corrected chi connectivity index (χ4v) is 1.01. The molecule has 0 bridgehead atoms. The molecule has 4 nitrogen and oxygen atoms in total. The zero-order valence-corrected chi connectivity index (χ0v) is 8.25. The zero-order chi connectivity index (χ0) is 10.3. The van der Waals surface area contributed by atoms with Crippen molar-refractivity contribution in [2.75, 3.05) is 13.6 Å². The fraction of sp³-hybridized carbons (Fsp3) is 0.778. The average Bonchev–Trinajstić information content (AvgIpc) is 2.03. The molecule has 0 fully saturated rings. The first kappa shape index (κ1) is 16.4. The van der Waals surface area contributed by atoms with E-state index in [9.17, 15) is 9.59 Å². The average molecular weight is 211 g/mol. The fourth-order valence-electron chi connectivity index (χ4n) is 1.01. The van der Waals surface area contributed by atoms with Gasteiger partial charge in [-0.2, -0.15) is 0 Å². The molecule has 0 rings (SSSR count). The number of rotatable bonds is 6.